The van der Waals surface area contributed by atoms with Crippen molar-refractivity contribution in [1.82, 2.24) is 9.88 Å². The summed E-state index contributed by atoms with van der Waals surface area (Å²) in [5.41, 5.74) is 7.31. The van der Waals surface area contributed by atoms with Gasteiger partial charge in [-0.1, -0.05) is 13.8 Å². The minimum Gasteiger partial charge on any atom is -0.384 e. The third kappa shape index (κ3) is 3.28. The van der Waals surface area contributed by atoms with Gasteiger partial charge in [0.15, 0.2) is 0 Å². The molecule has 0 spiro atoms. The number of carbonyl (C=O) groups is 1. The zero-order valence-corrected chi connectivity index (χ0v) is 12.4. The number of amides is 1. The molecular formula is C15H23N3O2. The molecule has 1 saturated heterocycles. The predicted molar refractivity (Wildman–Crippen MR) is 78.6 cm³/mol. The Hall–Kier alpha value is -1.62. The number of anilines is 1. The van der Waals surface area contributed by atoms with Crippen molar-refractivity contribution in [2.75, 3.05) is 32.5 Å². The number of aromatic nitrogens is 1. The van der Waals surface area contributed by atoms with Crippen LogP contribution in [-0.2, 0) is 4.74 Å². The maximum atomic E-state index is 12.5. The molecule has 1 atom stereocenters. The fourth-order valence-corrected chi connectivity index (χ4v) is 2.56. The van der Waals surface area contributed by atoms with E-state index >= 15 is 0 Å². The van der Waals surface area contributed by atoms with Gasteiger partial charge in [-0.3, -0.25) is 4.79 Å². The van der Waals surface area contributed by atoms with Crippen molar-refractivity contribution in [3.8, 4) is 0 Å². The minimum atomic E-state index is 0.0413. The molecule has 110 valence electrons. The van der Waals surface area contributed by atoms with Crippen LogP contribution in [0.5, 0.6) is 0 Å². The monoisotopic (exact) mass is 277 g/mol. The normalized spacial score (nSPS) is 18.8. The van der Waals surface area contributed by atoms with E-state index in [9.17, 15) is 4.79 Å². The van der Waals surface area contributed by atoms with Gasteiger partial charge >= 0.3 is 0 Å². The van der Waals surface area contributed by atoms with E-state index in [1.807, 2.05) is 24.8 Å². The van der Waals surface area contributed by atoms with Gasteiger partial charge in [0, 0.05) is 37.4 Å². The van der Waals surface area contributed by atoms with Crippen LogP contribution in [0, 0.1) is 5.92 Å². The van der Waals surface area contributed by atoms with Crippen molar-refractivity contribution in [2.24, 2.45) is 5.92 Å². The summed E-state index contributed by atoms with van der Waals surface area (Å²) in [5, 5.41) is 0. The van der Waals surface area contributed by atoms with Gasteiger partial charge in [0.25, 0.3) is 5.91 Å². The molecule has 1 aromatic heterocycles. The Morgan fingerprint density at radius 2 is 2.30 bits per heavy atom. The van der Waals surface area contributed by atoms with Crippen LogP contribution in [0.4, 0.5) is 5.82 Å². The van der Waals surface area contributed by atoms with Crippen molar-refractivity contribution in [1.29, 1.82) is 0 Å². The van der Waals surface area contributed by atoms with E-state index in [-0.39, 0.29) is 11.8 Å². The van der Waals surface area contributed by atoms with E-state index in [1.165, 1.54) is 0 Å². The summed E-state index contributed by atoms with van der Waals surface area (Å²) in [5.74, 6) is 1.14. The molecule has 1 amide bonds. The van der Waals surface area contributed by atoms with Crippen molar-refractivity contribution in [3.63, 3.8) is 0 Å². The number of pyridine rings is 1. The predicted octanol–water partition coefficient (Wildman–Crippen LogP) is 1.90. The van der Waals surface area contributed by atoms with Crippen molar-refractivity contribution < 1.29 is 9.53 Å². The van der Waals surface area contributed by atoms with E-state index in [4.69, 9.17) is 10.5 Å². The molecule has 1 aliphatic heterocycles. The Morgan fingerprint density at radius 1 is 1.55 bits per heavy atom. The van der Waals surface area contributed by atoms with Crippen LogP contribution in [0.2, 0.25) is 0 Å². The summed E-state index contributed by atoms with van der Waals surface area (Å²) in [4.78, 5) is 18.7. The van der Waals surface area contributed by atoms with Gasteiger partial charge in [0.2, 0.25) is 0 Å². The maximum absolute atomic E-state index is 12.5. The fourth-order valence-electron chi connectivity index (χ4n) is 2.56. The van der Waals surface area contributed by atoms with Gasteiger partial charge in [-0.2, -0.15) is 0 Å². The van der Waals surface area contributed by atoms with E-state index < -0.39 is 0 Å². The second-order valence-corrected chi connectivity index (χ2v) is 5.72. The highest BCUT2D eigenvalue weighted by atomic mass is 16.5. The quantitative estimate of drug-likeness (QED) is 0.912. The summed E-state index contributed by atoms with van der Waals surface area (Å²) in [7, 11) is 1.70. The van der Waals surface area contributed by atoms with Crippen LogP contribution in [0.15, 0.2) is 12.1 Å². The zero-order chi connectivity index (χ0) is 14.7. The van der Waals surface area contributed by atoms with Gasteiger partial charge in [0.1, 0.15) is 5.82 Å². The lowest BCUT2D eigenvalue weighted by Gasteiger charge is -2.17. The van der Waals surface area contributed by atoms with Crippen molar-refractivity contribution >= 4 is 11.7 Å². The van der Waals surface area contributed by atoms with Gasteiger partial charge in [-0.25, -0.2) is 4.98 Å². The molecular weight excluding hydrogens is 254 g/mol. The van der Waals surface area contributed by atoms with Gasteiger partial charge < -0.3 is 15.4 Å². The zero-order valence-electron chi connectivity index (χ0n) is 12.4. The molecule has 20 heavy (non-hydrogen) atoms. The van der Waals surface area contributed by atoms with E-state index in [1.54, 1.807) is 13.2 Å². The molecule has 0 aliphatic carbocycles. The van der Waals surface area contributed by atoms with E-state index in [0.29, 0.717) is 23.9 Å². The lowest BCUT2D eigenvalue weighted by molar-refractivity contribution is 0.0775. The molecule has 1 aliphatic rings. The smallest absolute Gasteiger partial charge is 0.254 e. The molecule has 0 saturated carbocycles. The summed E-state index contributed by atoms with van der Waals surface area (Å²) < 4.78 is 5.16. The molecule has 2 N–H and O–H groups in total. The molecule has 2 heterocycles. The number of nitrogen functional groups attached to an aromatic ring is 1. The summed E-state index contributed by atoms with van der Waals surface area (Å²) in [6, 6.07) is 3.52. The van der Waals surface area contributed by atoms with Gasteiger partial charge in [-0.05, 0) is 24.5 Å². The Labute approximate surface area is 120 Å². The minimum absolute atomic E-state index is 0.0413. The lowest BCUT2D eigenvalue weighted by Crippen LogP contribution is -2.29. The summed E-state index contributed by atoms with van der Waals surface area (Å²) in [6.07, 6.45) is 0.997. The average molecular weight is 277 g/mol. The second kappa shape index (κ2) is 6.22. The molecule has 0 bridgehead atoms. The first kappa shape index (κ1) is 14.8. The van der Waals surface area contributed by atoms with Gasteiger partial charge in [0.05, 0.1) is 6.61 Å². The van der Waals surface area contributed by atoms with E-state index in [0.717, 1.165) is 25.2 Å². The van der Waals surface area contributed by atoms with Crippen LogP contribution < -0.4 is 5.73 Å². The average Bonchev–Trinajstić information content (AvgIpc) is 2.86. The van der Waals surface area contributed by atoms with Crippen LogP contribution in [-0.4, -0.2) is 42.6 Å². The first-order chi connectivity index (χ1) is 9.51. The number of carbonyl (C=O) groups excluding carboxylic acids is 1. The number of ether oxygens (including phenoxy) is 1. The Bertz CT molecular complexity index is 488. The first-order valence-corrected chi connectivity index (χ1v) is 7.07. The first-order valence-electron chi connectivity index (χ1n) is 7.07. The molecule has 1 unspecified atom stereocenters. The Balaban J connectivity index is 2.13. The van der Waals surface area contributed by atoms with Crippen LogP contribution >= 0.6 is 0 Å². The van der Waals surface area contributed by atoms with E-state index in [2.05, 4.69) is 4.98 Å². The van der Waals surface area contributed by atoms with Crippen molar-refractivity contribution in [3.05, 3.63) is 23.4 Å². The molecule has 0 aromatic carbocycles. The van der Waals surface area contributed by atoms with Crippen LogP contribution in [0.25, 0.3) is 0 Å². The molecule has 2 rings (SSSR count). The lowest BCUT2D eigenvalue weighted by atomic mass is 10.1. The van der Waals surface area contributed by atoms with Crippen molar-refractivity contribution in [2.45, 2.75) is 26.2 Å². The SMILES string of the molecule is COCC1CCN(C(=O)c2cc(N)nc(C(C)C)c2)C1. The van der Waals surface area contributed by atoms with Crippen LogP contribution in [0.1, 0.15) is 42.2 Å². The highest BCUT2D eigenvalue weighted by Crippen LogP contribution is 2.21. The number of methoxy groups -OCH3 is 1. The number of rotatable bonds is 4. The summed E-state index contributed by atoms with van der Waals surface area (Å²) >= 11 is 0. The second-order valence-electron chi connectivity index (χ2n) is 5.72. The van der Waals surface area contributed by atoms with Gasteiger partial charge in [-0.15, -0.1) is 0 Å². The molecule has 5 nitrogen and oxygen atoms in total. The number of hydrogen-bond acceptors (Lipinski definition) is 4. The third-order valence-electron chi connectivity index (χ3n) is 3.68. The number of hydrogen-bond donors (Lipinski definition) is 1. The topological polar surface area (TPSA) is 68.5 Å². The molecule has 1 aromatic rings. The standard InChI is InChI=1S/C15H23N3O2/c1-10(2)13-6-12(7-14(16)17-13)15(19)18-5-4-11(8-18)9-20-3/h6-7,10-11H,4-5,8-9H2,1-3H3,(H2,16,17). The highest BCUT2D eigenvalue weighted by Gasteiger charge is 2.27. The third-order valence-corrected chi connectivity index (χ3v) is 3.68. The number of nitrogens with two attached hydrogens (primary N) is 1. The molecule has 5 heteroatoms. The molecule has 0 radical (unpaired) electrons. The Morgan fingerprint density at radius 3 is 2.95 bits per heavy atom. The Kier molecular flexibility index (Phi) is 4.60. The fraction of sp³-hybridized carbons (Fsp3) is 0.600. The summed E-state index contributed by atoms with van der Waals surface area (Å²) in [6.45, 7) is 6.33. The maximum Gasteiger partial charge on any atom is 0.254 e. The number of nitrogens with zero attached hydrogens (tertiary/aromatic N) is 2. The largest absolute Gasteiger partial charge is 0.384 e. The highest BCUT2D eigenvalue weighted by molar-refractivity contribution is 5.95. The number of likely N-dealkylation sites (tertiary alicyclic amines) is 1. The molecule has 1 fully saturated rings. The van der Waals surface area contributed by atoms with Crippen LogP contribution in [0.3, 0.4) is 0 Å².